The van der Waals surface area contributed by atoms with Crippen molar-refractivity contribution < 1.29 is 0 Å². The maximum atomic E-state index is 11.8. The minimum absolute atomic E-state index is 0.181. The molecule has 0 amide bonds. The van der Waals surface area contributed by atoms with Gasteiger partial charge in [0.1, 0.15) is 11.6 Å². The third-order valence-corrected chi connectivity index (χ3v) is 2.59. The van der Waals surface area contributed by atoms with Crippen LogP contribution in [-0.2, 0) is 5.88 Å². The largest absolute Gasteiger partial charge is 0.302 e. The number of pyridine rings is 1. The van der Waals surface area contributed by atoms with Crippen LogP contribution in [0.25, 0.3) is 0 Å². The van der Waals surface area contributed by atoms with Crippen LogP contribution in [0.4, 0.5) is 0 Å². The zero-order valence-corrected chi connectivity index (χ0v) is 9.31. The Kier molecular flexibility index (Phi) is 3.37. The lowest BCUT2D eigenvalue weighted by atomic mass is 10.1. The van der Waals surface area contributed by atoms with Crippen molar-refractivity contribution >= 4 is 11.8 Å². The number of nitrogens with zero attached hydrogens (tertiary/aromatic N) is 2. The molecule has 1 heterocycles. The number of aryl methyl sites for hydroxylation is 2. The van der Waals surface area contributed by atoms with Gasteiger partial charge in [-0.2, -0.15) is 5.26 Å². The fourth-order valence-corrected chi connectivity index (χ4v) is 1.93. The summed E-state index contributed by atoms with van der Waals surface area (Å²) in [6, 6.07) is 3.82. The number of hydrogen-bond acceptors (Lipinski definition) is 3. The van der Waals surface area contributed by atoms with Gasteiger partial charge in [-0.15, -0.1) is 11.8 Å². The van der Waals surface area contributed by atoms with E-state index in [1.165, 1.54) is 0 Å². The van der Waals surface area contributed by atoms with Crippen molar-refractivity contribution in [2.45, 2.75) is 19.7 Å². The van der Waals surface area contributed by atoms with Crippen molar-refractivity contribution in [3.8, 4) is 6.07 Å². The van der Waals surface area contributed by atoms with Crippen molar-refractivity contribution in [3.63, 3.8) is 0 Å². The van der Waals surface area contributed by atoms with Gasteiger partial charge in [-0.25, -0.2) is 0 Å². The van der Waals surface area contributed by atoms with Crippen LogP contribution in [0.15, 0.2) is 10.9 Å². The number of rotatable bonds is 2. The van der Waals surface area contributed by atoms with E-state index in [1.807, 2.05) is 25.3 Å². The quantitative estimate of drug-likeness (QED) is 0.742. The molecule has 0 saturated carbocycles. The number of nitriles is 1. The molecule has 1 aromatic rings. The first-order valence-electron chi connectivity index (χ1n) is 4.22. The van der Waals surface area contributed by atoms with Crippen LogP contribution in [0.3, 0.4) is 0 Å². The van der Waals surface area contributed by atoms with Crippen LogP contribution >= 0.6 is 11.8 Å². The minimum Gasteiger partial charge on any atom is -0.302 e. The number of thioether (sulfide) groups is 1. The van der Waals surface area contributed by atoms with Gasteiger partial charge in [0.2, 0.25) is 0 Å². The average molecular weight is 208 g/mol. The van der Waals surface area contributed by atoms with Crippen molar-refractivity contribution in [2.75, 3.05) is 6.26 Å². The van der Waals surface area contributed by atoms with E-state index in [2.05, 4.69) is 0 Å². The van der Waals surface area contributed by atoms with Gasteiger partial charge in [0.25, 0.3) is 5.56 Å². The van der Waals surface area contributed by atoms with E-state index in [-0.39, 0.29) is 11.1 Å². The zero-order valence-electron chi connectivity index (χ0n) is 8.50. The van der Waals surface area contributed by atoms with E-state index in [1.54, 1.807) is 23.3 Å². The lowest BCUT2D eigenvalue weighted by molar-refractivity contribution is 0.794. The van der Waals surface area contributed by atoms with Gasteiger partial charge in [-0.3, -0.25) is 4.79 Å². The van der Waals surface area contributed by atoms with Gasteiger partial charge in [0.05, 0.1) is 5.88 Å². The molecule has 0 N–H and O–H groups in total. The summed E-state index contributed by atoms with van der Waals surface area (Å²) in [5.41, 5.74) is 1.73. The highest BCUT2D eigenvalue weighted by atomic mass is 32.2. The predicted molar refractivity (Wildman–Crippen MR) is 58.4 cm³/mol. The first kappa shape index (κ1) is 10.9. The highest BCUT2D eigenvalue weighted by molar-refractivity contribution is 7.97. The summed E-state index contributed by atoms with van der Waals surface area (Å²) in [5, 5.41) is 8.81. The SMILES string of the molecule is CSCn1c(C)cc(C)c(C#N)c1=O. The second-order valence-electron chi connectivity index (χ2n) is 3.11. The Balaban J connectivity index is 3.46. The molecule has 0 aliphatic heterocycles. The summed E-state index contributed by atoms with van der Waals surface area (Å²) in [5.74, 6) is 0.597. The molecule has 0 atom stereocenters. The van der Waals surface area contributed by atoms with Crippen molar-refractivity contribution in [1.82, 2.24) is 4.57 Å². The van der Waals surface area contributed by atoms with E-state index < -0.39 is 0 Å². The fourth-order valence-electron chi connectivity index (χ4n) is 1.35. The molecule has 0 aliphatic carbocycles. The van der Waals surface area contributed by atoms with Crippen LogP contribution in [-0.4, -0.2) is 10.8 Å². The topological polar surface area (TPSA) is 45.8 Å². The van der Waals surface area contributed by atoms with E-state index in [0.717, 1.165) is 11.3 Å². The third kappa shape index (κ3) is 1.83. The molecule has 0 spiro atoms. The van der Waals surface area contributed by atoms with E-state index in [0.29, 0.717) is 5.88 Å². The molecule has 3 nitrogen and oxygen atoms in total. The highest BCUT2D eigenvalue weighted by Crippen LogP contribution is 2.07. The Labute approximate surface area is 87.4 Å². The Morgan fingerprint density at radius 1 is 1.57 bits per heavy atom. The number of hydrogen-bond donors (Lipinski definition) is 0. The molecule has 0 unspecified atom stereocenters. The summed E-state index contributed by atoms with van der Waals surface area (Å²) in [6.07, 6.45) is 1.93. The molecule has 0 fully saturated rings. The normalized spacial score (nSPS) is 9.86. The van der Waals surface area contributed by atoms with Crippen LogP contribution in [0.5, 0.6) is 0 Å². The Morgan fingerprint density at radius 3 is 2.71 bits per heavy atom. The second kappa shape index (κ2) is 4.34. The van der Waals surface area contributed by atoms with Gasteiger partial charge in [0.15, 0.2) is 0 Å². The van der Waals surface area contributed by atoms with Crippen molar-refractivity contribution in [1.29, 1.82) is 5.26 Å². The molecule has 0 radical (unpaired) electrons. The Morgan fingerprint density at radius 2 is 2.21 bits per heavy atom. The second-order valence-corrected chi connectivity index (χ2v) is 3.94. The molecular formula is C10H12N2OS. The van der Waals surface area contributed by atoms with Gasteiger partial charge in [-0.1, -0.05) is 0 Å². The average Bonchev–Trinajstić information content (AvgIpc) is 2.12. The van der Waals surface area contributed by atoms with Gasteiger partial charge in [0, 0.05) is 5.69 Å². The van der Waals surface area contributed by atoms with Crippen LogP contribution < -0.4 is 5.56 Å². The van der Waals surface area contributed by atoms with E-state index in [9.17, 15) is 4.79 Å². The monoisotopic (exact) mass is 208 g/mol. The molecular weight excluding hydrogens is 196 g/mol. The molecule has 0 saturated heterocycles. The first-order chi connectivity index (χ1) is 6.61. The van der Waals surface area contributed by atoms with E-state index in [4.69, 9.17) is 5.26 Å². The maximum absolute atomic E-state index is 11.8. The molecule has 1 aromatic heterocycles. The van der Waals surface area contributed by atoms with Crippen molar-refractivity contribution in [3.05, 3.63) is 33.2 Å². The summed E-state index contributed by atoms with van der Waals surface area (Å²) in [6.45, 7) is 3.67. The fraction of sp³-hybridized carbons (Fsp3) is 0.400. The summed E-state index contributed by atoms with van der Waals surface area (Å²) in [4.78, 5) is 11.8. The van der Waals surface area contributed by atoms with Crippen LogP contribution in [0, 0.1) is 25.2 Å². The third-order valence-electron chi connectivity index (χ3n) is 2.07. The standard InChI is InChI=1S/C10H12N2OS/c1-7-4-8(2)12(6-14-3)10(13)9(7)5-11/h4H,6H2,1-3H3. The summed E-state index contributed by atoms with van der Waals surface area (Å²) in [7, 11) is 0. The van der Waals surface area contributed by atoms with Crippen molar-refractivity contribution in [2.24, 2.45) is 0 Å². The van der Waals surface area contributed by atoms with Gasteiger partial charge < -0.3 is 4.57 Å². The molecule has 1 rings (SSSR count). The molecule has 0 aromatic carbocycles. The van der Waals surface area contributed by atoms with Gasteiger partial charge in [-0.05, 0) is 31.7 Å². The predicted octanol–water partition coefficient (Wildman–Crippen LogP) is 1.66. The molecule has 14 heavy (non-hydrogen) atoms. The number of aromatic nitrogens is 1. The zero-order chi connectivity index (χ0) is 10.7. The lowest BCUT2D eigenvalue weighted by Crippen LogP contribution is -2.24. The lowest BCUT2D eigenvalue weighted by Gasteiger charge is -2.09. The Hall–Kier alpha value is -1.21. The smallest absolute Gasteiger partial charge is 0.269 e. The molecule has 74 valence electrons. The first-order valence-corrected chi connectivity index (χ1v) is 5.61. The Bertz CT molecular complexity index is 443. The van der Waals surface area contributed by atoms with Crippen LogP contribution in [0.1, 0.15) is 16.8 Å². The molecule has 0 bridgehead atoms. The maximum Gasteiger partial charge on any atom is 0.269 e. The summed E-state index contributed by atoms with van der Waals surface area (Å²) >= 11 is 1.56. The molecule has 4 heteroatoms. The van der Waals surface area contributed by atoms with Gasteiger partial charge >= 0.3 is 0 Å². The van der Waals surface area contributed by atoms with E-state index >= 15 is 0 Å². The minimum atomic E-state index is -0.181. The summed E-state index contributed by atoms with van der Waals surface area (Å²) < 4.78 is 1.62. The molecule has 0 aliphatic rings. The highest BCUT2D eigenvalue weighted by Gasteiger charge is 2.08. The van der Waals surface area contributed by atoms with Crippen LogP contribution in [0.2, 0.25) is 0 Å².